The predicted molar refractivity (Wildman–Crippen MR) is 47.2 cm³/mol. The summed E-state index contributed by atoms with van der Waals surface area (Å²) in [5.41, 5.74) is 10.6. The smallest absolute Gasteiger partial charge is 0.219 e. The van der Waals surface area contributed by atoms with Gasteiger partial charge in [-0.15, -0.1) is 0 Å². The minimum absolute atomic E-state index is 0.299. The van der Waals surface area contributed by atoms with Crippen LogP contribution < -0.4 is 11.5 Å². The standard InChI is InChI=1S/C7H14N2OS/c1-7(9,2-6(8)10)5-3-11-4-5/h5H,2-4,9H2,1H3,(H2,8,10). The Labute approximate surface area is 70.9 Å². The number of thioether (sulfide) groups is 1. The zero-order chi connectivity index (χ0) is 8.48. The molecule has 0 aromatic heterocycles. The molecule has 0 aromatic rings. The summed E-state index contributed by atoms with van der Waals surface area (Å²) >= 11 is 1.87. The quantitative estimate of drug-likeness (QED) is 0.630. The van der Waals surface area contributed by atoms with Gasteiger partial charge in [0.15, 0.2) is 0 Å². The summed E-state index contributed by atoms with van der Waals surface area (Å²) in [7, 11) is 0. The molecule has 1 fully saturated rings. The van der Waals surface area contributed by atoms with Crippen molar-refractivity contribution in [1.82, 2.24) is 0 Å². The molecule has 3 nitrogen and oxygen atoms in total. The van der Waals surface area contributed by atoms with Gasteiger partial charge in [-0.3, -0.25) is 4.79 Å². The van der Waals surface area contributed by atoms with E-state index in [4.69, 9.17) is 11.5 Å². The fourth-order valence-corrected chi connectivity index (χ4v) is 2.37. The zero-order valence-corrected chi connectivity index (χ0v) is 7.49. The van der Waals surface area contributed by atoms with Crippen LogP contribution in [0.2, 0.25) is 0 Å². The summed E-state index contributed by atoms with van der Waals surface area (Å²) in [6, 6.07) is 0. The van der Waals surface area contributed by atoms with E-state index in [2.05, 4.69) is 0 Å². The number of nitrogens with two attached hydrogens (primary N) is 2. The zero-order valence-electron chi connectivity index (χ0n) is 6.67. The van der Waals surface area contributed by atoms with Gasteiger partial charge in [0.25, 0.3) is 0 Å². The molecule has 0 saturated carbocycles. The monoisotopic (exact) mass is 174 g/mol. The highest BCUT2D eigenvalue weighted by molar-refractivity contribution is 8.00. The molecular formula is C7H14N2OS. The SMILES string of the molecule is CC(N)(CC(N)=O)C1CSC1. The van der Waals surface area contributed by atoms with E-state index in [0.717, 1.165) is 11.5 Å². The number of primary amides is 1. The third-order valence-corrected chi connectivity index (χ3v) is 3.40. The van der Waals surface area contributed by atoms with Gasteiger partial charge in [0.05, 0.1) is 0 Å². The number of hydrogen-bond acceptors (Lipinski definition) is 3. The first kappa shape index (κ1) is 8.87. The maximum atomic E-state index is 10.6. The lowest BCUT2D eigenvalue weighted by atomic mass is 9.85. The molecule has 1 atom stereocenters. The van der Waals surface area contributed by atoms with Gasteiger partial charge in [0.1, 0.15) is 0 Å². The molecular weight excluding hydrogens is 160 g/mol. The van der Waals surface area contributed by atoms with Crippen LogP contribution in [0.1, 0.15) is 13.3 Å². The van der Waals surface area contributed by atoms with E-state index < -0.39 is 0 Å². The van der Waals surface area contributed by atoms with E-state index in [1.54, 1.807) is 0 Å². The van der Waals surface area contributed by atoms with Crippen molar-refractivity contribution in [1.29, 1.82) is 0 Å². The third kappa shape index (κ3) is 2.10. The number of amides is 1. The van der Waals surface area contributed by atoms with Crippen molar-refractivity contribution < 1.29 is 4.79 Å². The highest BCUT2D eigenvalue weighted by Crippen LogP contribution is 2.33. The molecule has 1 aliphatic heterocycles. The fourth-order valence-electron chi connectivity index (χ4n) is 1.14. The van der Waals surface area contributed by atoms with Crippen LogP contribution >= 0.6 is 11.8 Å². The van der Waals surface area contributed by atoms with Crippen LogP contribution in [0.5, 0.6) is 0 Å². The van der Waals surface area contributed by atoms with Gasteiger partial charge in [0.2, 0.25) is 5.91 Å². The van der Waals surface area contributed by atoms with Gasteiger partial charge in [-0.2, -0.15) is 11.8 Å². The Morgan fingerprint density at radius 1 is 1.73 bits per heavy atom. The molecule has 0 radical (unpaired) electrons. The molecule has 1 rings (SSSR count). The molecule has 11 heavy (non-hydrogen) atoms. The molecule has 1 unspecified atom stereocenters. The maximum absolute atomic E-state index is 10.6. The molecule has 1 aliphatic rings. The molecule has 1 amide bonds. The predicted octanol–water partition coefficient (Wildman–Crippen LogP) is -0.0578. The number of carbonyl (C=O) groups is 1. The summed E-state index contributed by atoms with van der Waals surface area (Å²) in [6.45, 7) is 1.90. The van der Waals surface area contributed by atoms with Crippen LogP contribution in [0.3, 0.4) is 0 Å². The molecule has 0 bridgehead atoms. The van der Waals surface area contributed by atoms with Crippen molar-refractivity contribution in [3.63, 3.8) is 0 Å². The number of carbonyl (C=O) groups excluding carboxylic acids is 1. The van der Waals surface area contributed by atoms with E-state index in [0.29, 0.717) is 12.3 Å². The van der Waals surface area contributed by atoms with Gasteiger partial charge >= 0.3 is 0 Å². The third-order valence-electron chi connectivity index (χ3n) is 2.13. The second-order valence-electron chi connectivity index (χ2n) is 3.38. The van der Waals surface area contributed by atoms with Crippen LogP contribution in [0.4, 0.5) is 0 Å². The van der Waals surface area contributed by atoms with E-state index in [1.807, 2.05) is 18.7 Å². The lowest BCUT2D eigenvalue weighted by Crippen LogP contribution is -2.52. The Kier molecular flexibility index (Phi) is 2.44. The van der Waals surface area contributed by atoms with Crippen molar-refractivity contribution >= 4 is 17.7 Å². The largest absolute Gasteiger partial charge is 0.370 e. The van der Waals surface area contributed by atoms with Crippen LogP contribution in [0.15, 0.2) is 0 Å². The average Bonchev–Trinajstić information content (AvgIpc) is 1.50. The van der Waals surface area contributed by atoms with Gasteiger partial charge < -0.3 is 11.5 Å². The Morgan fingerprint density at radius 2 is 2.27 bits per heavy atom. The number of hydrogen-bond donors (Lipinski definition) is 2. The Morgan fingerprint density at radius 3 is 2.55 bits per heavy atom. The summed E-state index contributed by atoms with van der Waals surface area (Å²) in [4.78, 5) is 10.6. The number of rotatable bonds is 3. The summed E-state index contributed by atoms with van der Waals surface area (Å²) < 4.78 is 0. The van der Waals surface area contributed by atoms with Crippen molar-refractivity contribution in [3.8, 4) is 0 Å². The van der Waals surface area contributed by atoms with E-state index in [9.17, 15) is 4.79 Å². The summed E-state index contributed by atoms with van der Waals surface area (Å²) in [6.07, 6.45) is 0.304. The fraction of sp³-hybridized carbons (Fsp3) is 0.857. The van der Waals surface area contributed by atoms with Crippen molar-refractivity contribution in [3.05, 3.63) is 0 Å². The molecule has 64 valence electrons. The summed E-state index contributed by atoms with van der Waals surface area (Å²) in [5, 5.41) is 0. The van der Waals surface area contributed by atoms with Crippen LogP contribution in [-0.2, 0) is 4.79 Å². The lowest BCUT2D eigenvalue weighted by Gasteiger charge is -2.38. The summed E-state index contributed by atoms with van der Waals surface area (Å²) in [5.74, 6) is 2.31. The second kappa shape index (κ2) is 3.03. The van der Waals surface area contributed by atoms with E-state index >= 15 is 0 Å². The molecule has 0 spiro atoms. The molecule has 1 heterocycles. The average molecular weight is 174 g/mol. The van der Waals surface area contributed by atoms with Crippen molar-refractivity contribution in [2.45, 2.75) is 18.9 Å². The molecule has 0 aliphatic carbocycles. The lowest BCUT2D eigenvalue weighted by molar-refractivity contribution is -0.119. The first-order valence-corrected chi connectivity index (χ1v) is 4.83. The van der Waals surface area contributed by atoms with Crippen LogP contribution in [0.25, 0.3) is 0 Å². The van der Waals surface area contributed by atoms with E-state index in [-0.39, 0.29) is 11.4 Å². The maximum Gasteiger partial charge on any atom is 0.219 e. The Hall–Kier alpha value is -0.220. The molecule has 1 saturated heterocycles. The molecule has 4 N–H and O–H groups in total. The van der Waals surface area contributed by atoms with Crippen LogP contribution in [-0.4, -0.2) is 23.0 Å². The topological polar surface area (TPSA) is 69.1 Å². The van der Waals surface area contributed by atoms with Crippen LogP contribution in [0, 0.1) is 5.92 Å². The van der Waals surface area contributed by atoms with Crippen molar-refractivity contribution in [2.24, 2.45) is 17.4 Å². The minimum Gasteiger partial charge on any atom is -0.370 e. The van der Waals surface area contributed by atoms with Gasteiger partial charge in [0, 0.05) is 12.0 Å². The van der Waals surface area contributed by atoms with E-state index in [1.165, 1.54) is 0 Å². The van der Waals surface area contributed by atoms with Crippen molar-refractivity contribution in [2.75, 3.05) is 11.5 Å². The Bertz CT molecular complexity index is 166. The first-order chi connectivity index (χ1) is 5.02. The highest BCUT2D eigenvalue weighted by atomic mass is 32.2. The Balaban J connectivity index is 2.43. The molecule has 0 aromatic carbocycles. The van der Waals surface area contributed by atoms with Gasteiger partial charge in [-0.1, -0.05) is 0 Å². The molecule has 4 heteroatoms. The van der Waals surface area contributed by atoms with Gasteiger partial charge in [-0.05, 0) is 24.3 Å². The van der Waals surface area contributed by atoms with Gasteiger partial charge in [-0.25, -0.2) is 0 Å². The normalized spacial score (nSPS) is 23.8. The minimum atomic E-state index is -0.378. The first-order valence-electron chi connectivity index (χ1n) is 3.67. The second-order valence-corrected chi connectivity index (χ2v) is 4.46. The highest BCUT2D eigenvalue weighted by Gasteiger charge is 2.36.